The van der Waals surface area contributed by atoms with E-state index in [0.717, 1.165) is 41.5 Å². The third-order valence-corrected chi connectivity index (χ3v) is 3.81. The van der Waals surface area contributed by atoms with Gasteiger partial charge in [-0.3, -0.25) is 0 Å². The van der Waals surface area contributed by atoms with Crippen molar-refractivity contribution in [3.8, 4) is 5.75 Å². The van der Waals surface area contributed by atoms with Crippen LogP contribution in [0.5, 0.6) is 5.75 Å². The minimum Gasteiger partial charge on any atom is -0.497 e. The van der Waals surface area contributed by atoms with E-state index < -0.39 is 6.98 Å². The van der Waals surface area contributed by atoms with E-state index in [1.807, 2.05) is 24.4 Å². The van der Waals surface area contributed by atoms with E-state index in [-0.39, 0.29) is 6.04 Å². The molecule has 18 heavy (non-hydrogen) atoms. The van der Waals surface area contributed by atoms with Crippen LogP contribution in [-0.2, 0) is 6.42 Å². The molecular formula is C15H20N2O. The smallest absolute Gasteiger partial charge is 0.119 e. The third-order valence-electron chi connectivity index (χ3n) is 3.81. The number of hydrogen-bond acceptors (Lipinski definition) is 2. The highest BCUT2D eigenvalue weighted by molar-refractivity contribution is 5.84. The molecule has 2 heterocycles. The molecule has 0 unspecified atom stereocenters. The largest absolute Gasteiger partial charge is 0.497 e. The van der Waals surface area contributed by atoms with Gasteiger partial charge in [-0.15, -0.1) is 0 Å². The number of rotatable bonds is 3. The van der Waals surface area contributed by atoms with Gasteiger partial charge in [0.2, 0.25) is 0 Å². The molecule has 3 rings (SSSR count). The topological polar surface area (TPSA) is 28.3 Å². The average molecular weight is 247 g/mol. The molecule has 0 radical (unpaired) electrons. The molecular weight excluding hydrogens is 224 g/mol. The second-order valence-corrected chi connectivity index (χ2v) is 4.92. The zero-order chi connectivity index (χ0) is 15.0. The van der Waals surface area contributed by atoms with E-state index in [0.29, 0.717) is 6.54 Å². The molecule has 96 valence electrons. The van der Waals surface area contributed by atoms with E-state index in [4.69, 9.17) is 8.85 Å². The van der Waals surface area contributed by atoms with Gasteiger partial charge in [0.15, 0.2) is 0 Å². The summed E-state index contributed by atoms with van der Waals surface area (Å²) in [5.74, 6) is 0.822. The van der Waals surface area contributed by atoms with Gasteiger partial charge in [-0.1, -0.05) is 0 Å². The van der Waals surface area contributed by atoms with Crippen LogP contribution in [0.3, 0.4) is 0 Å². The zero-order valence-electron chi connectivity index (χ0n) is 13.6. The van der Waals surface area contributed by atoms with Gasteiger partial charge >= 0.3 is 0 Å². The first-order valence-electron chi connectivity index (χ1n) is 7.90. The van der Waals surface area contributed by atoms with Crippen LogP contribution in [0, 0.1) is 0 Å². The Balaban J connectivity index is 1.87. The number of likely N-dealkylation sites (N-methyl/N-ethyl adjacent to an activating group) is 1. The summed E-state index contributed by atoms with van der Waals surface area (Å²) < 4.78 is 28.2. The molecule has 1 atom stereocenters. The minimum absolute atomic E-state index is 0.0858. The van der Waals surface area contributed by atoms with Crippen molar-refractivity contribution >= 4 is 10.9 Å². The number of ether oxygens (including phenoxy) is 1. The molecule has 3 heteroatoms. The van der Waals surface area contributed by atoms with E-state index in [1.165, 1.54) is 0 Å². The quantitative estimate of drug-likeness (QED) is 0.903. The van der Waals surface area contributed by atoms with Gasteiger partial charge in [-0.25, -0.2) is 0 Å². The number of nitrogens with zero attached hydrogens (tertiary/aromatic N) is 1. The highest BCUT2D eigenvalue weighted by Gasteiger charge is 2.22. The molecule has 2 aromatic rings. The fraction of sp³-hybridized carbons (Fsp3) is 0.467. The van der Waals surface area contributed by atoms with Crippen molar-refractivity contribution in [2.75, 3.05) is 20.6 Å². The van der Waals surface area contributed by atoms with E-state index in [2.05, 4.69) is 4.98 Å². The summed E-state index contributed by atoms with van der Waals surface area (Å²) >= 11 is 0. The summed E-state index contributed by atoms with van der Waals surface area (Å²) in [6.07, 6.45) is 4.63. The van der Waals surface area contributed by atoms with Gasteiger partial charge in [0, 0.05) is 27.3 Å². The van der Waals surface area contributed by atoms with Crippen LogP contribution in [0.1, 0.15) is 22.5 Å². The Morgan fingerprint density at radius 1 is 1.56 bits per heavy atom. The normalized spacial score (nSPS) is 23.8. The van der Waals surface area contributed by atoms with Crippen LogP contribution in [0.15, 0.2) is 24.4 Å². The number of aromatic amines is 1. The number of benzene rings is 1. The highest BCUT2D eigenvalue weighted by Crippen LogP contribution is 2.27. The molecule has 0 aliphatic carbocycles. The molecule has 3 nitrogen and oxygen atoms in total. The van der Waals surface area contributed by atoms with Crippen LogP contribution >= 0.6 is 0 Å². The predicted molar refractivity (Wildman–Crippen MR) is 74.2 cm³/mol. The number of likely N-dealkylation sites (tertiary alicyclic amines) is 1. The van der Waals surface area contributed by atoms with E-state index in [9.17, 15) is 0 Å². The lowest BCUT2D eigenvalue weighted by Crippen LogP contribution is -2.26. The Bertz CT molecular complexity index is 635. The van der Waals surface area contributed by atoms with Crippen molar-refractivity contribution < 1.29 is 8.85 Å². The minimum atomic E-state index is -2.00. The Morgan fingerprint density at radius 2 is 2.50 bits per heavy atom. The van der Waals surface area contributed by atoms with Crippen LogP contribution in [0.25, 0.3) is 10.9 Å². The second kappa shape index (κ2) is 4.65. The van der Waals surface area contributed by atoms with Crippen molar-refractivity contribution in [2.24, 2.45) is 0 Å². The number of hydrogen-bond donors (Lipinski definition) is 1. The standard InChI is InChI=1S/C15H20N2O/c1-17-7-3-4-12(17)8-11-10-16-15-6-5-13(18-2)9-14(11)15/h5-6,9-10,12,16H,3-4,7-8H2,1-2H3/t12-/m1/s1/i1D3. The van der Waals surface area contributed by atoms with Crippen molar-refractivity contribution in [1.82, 2.24) is 9.88 Å². The molecule has 0 saturated carbocycles. The van der Waals surface area contributed by atoms with Crippen LogP contribution < -0.4 is 4.74 Å². The second-order valence-electron chi connectivity index (χ2n) is 4.92. The first-order valence-corrected chi connectivity index (χ1v) is 6.40. The molecule has 1 N–H and O–H groups in total. The molecule has 0 bridgehead atoms. The fourth-order valence-electron chi connectivity index (χ4n) is 2.76. The third kappa shape index (κ3) is 1.99. The monoisotopic (exact) mass is 247 g/mol. The van der Waals surface area contributed by atoms with Crippen LogP contribution in [0.4, 0.5) is 0 Å². The maximum absolute atomic E-state index is 7.65. The molecule has 1 aliphatic heterocycles. The zero-order valence-corrected chi connectivity index (χ0v) is 10.6. The van der Waals surface area contributed by atoms with Crippen molar-refractivity contribution in [1.29, 1.82) is 0 Å². The van der Waals surface area contributed by atoms with Crippen molar-refractivity contribution in [3.63, 3.8) is 0 Å². The average Bonchev–Trinajstić information content (AvgIpc) is 3.05. The SMILES string of the molecule is [2H]C([2H])([2H])N1CCC[C@@H]1Cc1c[nH]c2ccc(OC)cc12. The van der Waals surface area contributed by atoms with E-state index >= 15 is 0 Å². The maximum Gasteiger partial charge on any atom is 0.119 e. The Hall–Kier alpha value is -1.48. The summed E-state index contributed by atoms with van der Waals surface area (Å²) in [6, 6.07) is 6.01. The molecule has 0 spiro atoms. The number of fused-ring (bicyclic) bond motifs is 1. The summed E-state index contributed by atoms with van der Waals surface area (Å²) in [5.41, 5.74) is 2.22. The van der Waals surface area contributed by atoms with Gasteiger partial charge in [0.05, 0.1) is 7.11 Å². The Morgan fingerprint density at radius 3 is 3.33 bits per heavy atom. The number of aromatic nitrogens is 1. The number of nitrogens with one attached hydrogen (secondary N) is 1. The van der Waals surface area contributed by atoms with Gasteiger partial charge in [0.25, 0.3) is 0 Å². The lowest BCUT2D eigenvalue weighted by Gasteiger charge is -2.18. The summed E-state index contributed by atoms with van der Waals surface area (Å²) in [5, 5.41) is 1.12. The van der Waals surface area contributed by atoms with Gasteiger partial charge in [-0.2, -0.15) is 0 Å². The highest BCUT2D eigenvalue weighted by atomic mass is 16.5. The summed E-state index contributed by atoms with van der Waals surface area (Å²) in [4.78, 5) is 4.91. The van der Waals surface area contributed by atoms with Gasteiger partial charge in [-0.05, 0) is 56.5 Å². The molecule has 1 saturated heterocycles. The van der Waals surface area contributed by atoms with E-state index in [1.54, 1.807) is 12.0 Å². The lowest BCUT2D eigenvalue weighted by molar-refractivity contribution is 0.310. The van der Waals surface area contributed by atoms with Crippen LogP contribution in [-0.4, -0.2) is 36.6 Å². The Kier molecular flexibility index (Phi) is 2.22. The van der Waals surface area contributed by atoms with Crippen molar-refractivity contribution in [2.45, 2.75) is 25.3 Å². The molecule has 1 fully saturated rings. The molecule has 1 aromatic carbocycles. The maximum atomic E-state index is 7.65. The predicted octanol–water partition coefficient (Wildman–Crippen LogP) is 2.81. The first-order chi connectivity index (χ1) is 9.99. The number of methoxy groups -OCH3 is 1. The number of H-pyrrole nitrogens is 1. The summed E-state index contributed by atoms with van der Waals surface area (Å²) in [6.45, 7) is -1.34. The van der Waals surface area contributed by atoms with Gasteiger partial charge < -0.3 is 14.6 Å². The fourth-order valence-corrected chi connectivity index (χ4v) is 2.76. The molecule has 0 amide bonds. The van der Waals surface area contributed by atoms with Gasteiger partial charge in [0.1, 0.15) is 5.75 Å². The Labute approximate surface area is 112 Å². The summed E-state index contributed by atoms with van der Waals surface area (Å²) in [7, 11) is 1.65. The molecule has 1 aromatic heterocycles. The molecule has 1 aliphatic rings. The first kappa shape index (κ1) is 8.59. The van der Waals surface area contributed by atoms with Crippen LogP contribution in [0.2, 0.25) is 0 Å². The lowest BCUT2D eigenvalue weighted by atomic mass is 10.0. The van der Waals surface area contributed by atoms with Crippen molar-refractivity contribution in [3.05, 3.63) is 30.0 Å².